The second-order valence-electron chi connectivity index (χ2n) is 5.83. The Hall–Kier alpha value is -1.50. The van der Waals surface area contributed by atoms with Crippen LogP contribution >= 0.6 is 11.6 Å². The molecule has 0 saturated carbocycles. The number of hydrogen-bond donors (Lipinski definition) is 0. The highest BCUT2D eigenvalue weighted by molar-refractivity contribution is 6.31. The standard InChI is InChI=1S/C15H20ClN5O/c1-11-6-20(7-12(2)22-11)9-14-10-21(19-18-14)8-13-3-4-17-5-15(13)16/h3-5,10-12H,6-9H2,1-2H3/t11-,12+. The van der Waals surface area contributed by atoms with E-state index in [4.69, 9.17) is 16.3 Å². The lowest BCUT2D eigenvalue weighted by Crippen LogP contribution is -2.44. The molecule has 0 unspecified atom stereocenters. The Morgan fingerprint density at radius 3 is 2.77 bits per heavy atom. The van der Waals surface area contributed by atoms with Crippen LogP contribution in [-0.2, 0) is 17.8 Å². The van der Waals surface area contributed by atoms with Crippen LogP contribution < -0.4 is 0 Å². The Morgan fingerprint density at radius 1 is 1.27 bits per heavy atom. The second kappa shape index (κ2) is 6.73. The Morgan fingerprint density at radius 2 is 2.05 bits per heavy atom. The minimum Gasteiger partial charge on any atom is -0.373 e. The molecule has 0 spiro atoms. The minimum atomic E-state index is 0.259. The summed E-state index contributed by atoms with van der Waals surface area (Å²) in [5.74, 6) is 0. The number of morpholine rings is 1. The molecular weight excluding hydrogens is 302 g/mol. The van der Waals surface area contributed by atoms with E-state index in [1.165, 1.54) is 0 Å². The number of nitrogens with zero attached hydrogens (tertiary/aromatic N) is 5. The summed E-state index contributed by atoms with van der Waals surface area (Å²) in [5.41, 5.74) is 1.95. The van der Waals surface area contributed by atoms with Crippen molar-refractivity contribution >= 4 is 11.6 Å². The van der Waals surface area contributed by atoms with E-state index in [1.807, 2.05) is 16.9 Å². The third-order valence-corrected chi connectivity index (χ3v) is 4.00. The van der Waals surface area contributed by atoms with Gasteiger partial charge in [0.15, 0.2) is 0 Å². The maximum absolute atomic E-state index is 6.12. The van der Waals surface area contributed by atoms with Gasteiger partial charge in [-0.05, 0) is 25.5 Å². The Kier molecular flexibility index (Phi) is 4.71. The number of pyridine rings is 1. The first-order valence-electron chi connectivity index (χ1n) is 7.45. The van der Waals surface area contributed by atoms with Gasteiger partial charge in [-0.15, -0.1) is 5.10 Å². The highest BCUT2D eigenvalue weighted by atomic mass is 35.5. The van der Waals surface area contributed by atoms with Crippen molar-refractivity contribution in [2.45, 2.75) is 39.1 Å². The van der Waals surface area contributed by atoms with Crippen LogP contribution in [0.3, 0.4) is 0 Å². The molecule has 3 heterocycles. The number of ether oxygens (including phenoxy) is 1. The predicted molar refractivity (Wildman–Crippen MR) is 83.7 cm³/mol. The van der Waals surface area contributed by atoms with E-state index < -0.39 is 0 Å². The molecule has 22 heavy (non-hydrogen) atoms. The monoisotopic (exact) mass is 321 g/mol. The predicted octanol–water partition coefficient (Wildman–Crippen LogP) is 1.98. The molecule has 0 N–H and O–H groups in total. The van der Waals surface area contributed by atoms with Gasteiger partial charge in [-0.25, -0.2) is 4.68 Å². The maximum Gasteiger partial charge on any atom is 0.0967 e. The Bertz CT molecular complexity index is 622. The van der Waals surface area contributed by atoms with Crippen LogP contribution in [0, 0.1) is 0 Å². The van der Waals surface area contributed by atoms with Gasteiger partial charge >= 0.3 is 0 Å². The van der Waals surface area contributed by atoms with Gasteiger partial charge in [0, 0.05) is 32.0 Å². The lowest BCUT2D eigenvalue weighted by atomic mass is 10.2. The largest absolute Gasteiger partial charge is 0.373 e. The van der Waals surface area contributed by atoms with Crippen LogP contribution in [0.2, 0.25) is 5.02 Å². The number of halogens is 1. The molecule has 0 amide bonds. The Balaban J connectivity index is 1.63. The van der Waals surface area contributed by atoms with Crippen molar-refractivity contribution in [2.75, 3.05) is 13.1 Å². The molecule has 1 fully saturated rings. The van der Waals surface area contributed by atoms with Gasteiger partial charge < -0.3 is 4.74 Å². The summed E-state index contributed by atoms with van der Waals surface area (Å²) < 4.78 is 7.56. The molecule has 2 aromatic rings. The van der Waals surface area contributed by atoms with E-state index in [0.717, 1.165) is 30.9 Å². The molecule has 2 atom stereocenters. The summed E-state index contributed by atoms with van der Waals surface area (Å²) in [6.07, 6.45) is 5.87. The number of aromatic nitrogens is 4. The van der Waals surface area contributed by atoms with Crippen LogP contribution in [0.1, 0.15) is 25.1 Å². The molecule has 7 heteroatoms. The zero-order chi connectivity index (χ0) is 15.5. The summed E-state index contributed by atoms with van der Waals surface area (Å²) in [6, 6.07) is 1.90. The first-order valence-corrected chi connectivity index (χ1v) is 7.83. The zero-order valence-corrected chi connectivity index (χ0v) is 13.6. The minimum absolute atomic E-state index is 0.259. The van der Waals surface area contributed by atoms with Gasteiger partial charge in [-0.2, -0.15) is 0 Å². The Labute approximate surface area is 135 Å². The fourth-order valence-electron chi connectivity index (χ4n) is 2.84. The topological polar surface area (TPSA) is 56.1 Å². The van der Waals surface area contributed by atoms with E-state index in [0.29, 0.717) is 11.6 Å². The molecule has 6 nitrogen and oxygen atoms in total. The summed E-state index contributed by atoms with van der Waals surface area (Å²) >= 11 is 6.12. The third-order valence-electron chi connectivity index (χ3n) is 3.66. The number of rotatable bonds is 4. The summed E-state index contributed by atoms with van der Waals surface area (Å²) in [6.45, 7) is 7.45. The molecule has 1 saturated heterocycles. The molecule has 0 aliphatic carbocycles. The van der Waals surface area contributed by atoms with Gasteiger partial charge in [-0.3, -0.25) is 9.88 Å². The molecular formula is C15H20ClN5O. The van der Waals surface area contributed by atoms with Crippen molar-refractivity contribution in [3.8, 4) is 0 Å². The van der Waals surface area contributed by atoms with Gasteiger partial charge in [0.05, 0.1) is 35.7 Å². The van der Waals surface area contributed by atoms with Crippen LogP contribution in [0.15, 0.2) is 24.7 Å². The summed E-state index contributed by atoms with van der Waals surface area (Å²) in [4.78, 5) is 6.34. The van der Waals surface area contributed by atoms with Crippen molar-refractivity contribution in [1.29, 1.82) is 0 Å². The lowest BCUT2D eigenvalue weighted by molar-refractivity contribution is -0.0707. The molecule has 118 valence electrons. The summed E-state index contributed by atoms with van der Waals surface area (Å²) in [5, 5.41) is 9.09. The average molecular weight is 322 g/mol. The van der Waals surface area contributed by atoms with E-state index in [9.17, 15) is 0 Å². The molecule has 2 aromatic heterocycles. The van der Waals surface area contributed by atoms with Crippen LogP contribution in [-0.4, -0.2) is 50.2 Å². The van der Waals surface area contributed by atoms with E-state index in [1.54, 1.807) is 12.4 Å². The molecule has 0 radical (unpaired) electrons. The van der Waals surface area contributed by atoms with Gasteiger partial charge in [0.2, 0.25) is 0 Å². The fraction of sp³-hybridized carbons (Fsp3) is 0.533. The molecule has 1 aliphatic heterocycles. The van der Waals surface area contributed by atoms with E-state index in [2.05, 4.69) is 34.0 Å². The smallest absolute Gasteiger partial charge is 0.0967 e. The molecule has 1 aliphatic rings. The van der Waals surface area contributed by atoms with E-state index >= 15 is 0 Å². The highest BCUT2D eigenvalue weighted by Gasteiger charge is 2.22. The maximum atomic E-state index is 6.12. The highest BCUT2D eigenvalue weighted by Crippen LogP contribution is 2.15. The van der Waals surface area contributed by atoms with Crippen molar-refractivity contribution in [3.63, 3.8) is 0 Å². The number of hydrogen-bond acceptors (Lipinski definition) is 5. The molecule has 0 bridgehead atoms. The third kappa shape index (κ3) is 3.82. The van der Waals surface area contributed by atoms with Crippen molar-refractivity contribution < 1.29 is 4.74 Å². The van der Waals surface area contributed by atoms with Crippen molar-refractivity contribution in [3.05, 3.63) is 40.9 Å². The van der Waals surface area contributed by atoms with Gasteiger partial charge in [-0.1, -0.05) is 16.8 Å². The second-order valence-corrected chi connectivity index (χ2v) is 6.23. The van der Waals surface area contributed by atoms with Crippen LogP contribution in [0.5, 0.6) is 0 Å². The normalized spacial score (nSPS) is 22.9. The molecule has 0 aromatic carbocycles. The molecule has 3 rings (SSSR count). The lowest BCUT2D eigenvalue weighted by Gasteiger charge is -2.34. The quantitative estimate of drug-likeness (QED) is 0.862. The SMILES string of the molecule is C[C@@H]1CN(Cc2cn(Cc3ccncc3Cl)nn2)C[C@H](C)O1. The summed E-state index contributed by atoms with van der Waals surface area (Å²) in [7, 11) is 0. The van der Waals surface area contributed by atoms with Crippen molar-refractivity contribution in [1.82, 2.24) is 24.9 Å². The zero-order valence-electron chi connectivity index (χ0n) is 12.8. The fourth-order valence-corrected chi connectivity index (χ4v) is 3.02. The first kappa shape index (κ1) is 15.4. The van der Waals surface area contributed by atoms with Crippen molar-refractivity contribution in [2.24, 2.45) is 0 Å². The van der Waals surface area contributed by atoms with Gasteiger partial charge in [0.1, 0.15) is 0 Å². The van der Waals surface area contributed by atoms with E-state index in [-0.39, 0.29) is 12.2 Å². The van der Waals surface area contributed by atoms with Gasteiger partial charge in [0.25, 0.3) is 0 Å². The average Bonchev–Trinajstić information content (AvgIpc) is 2.87. The van der Waals surface area contributed by atoms with Crippen LogP contribution in [0.25, 0.3) is 0 Å². The first-order chi connectivity index (χ1) is 10.6. The van der Waals surface area contributed by atoms with Crippen LogP contribution in [0.4, 0.5) is 0 Å².